The van der Waals surface area contributed by atoms with Crippen LogP contribution < -0.4 is 5.56 Å². The Kier molecular flexibility index (Phi) is 2.54. The number of aryl methyl sites for hydroxylation is 1. The summed E-state index contributed by atoms with van der Waals surface area (Å²) >= 11 is 4.12. The van der Waals surface area contributed by atoms with Crippen LogP contribution in [0.15, 0.2) is 35.3 Å². The van der Waals surface area contributed by atoms with Gasteiger partial charge in [0.15, 0.2) is 0 Å². The minimum atomic E-state index is -0.0715. The predicted molar refractivity (Wildman–Crippen MR) is 59.9 cm³/mol. The summed E-state index contributed by atoms with van der Waals surface area (Å²) in [5.41, 5.74) is 1.64. The number of rotatable bonds is 2. The van der Waals surface area contributed by atoms with Crippen molar-refractivity contribution < 1.29 is 0 Å². The molecular formula is C10H10N2OS. The maximum absolute atomic E-state index is 11.5. The maximum atomic E-state index is 11.5. The first-order chi connectivity index (χ1) is 6.83. The van der Waals surface area contributed by atoms with Gasteiger partial charge in [0.1, 0.15) is 0 Å². The number of nitrogens with zero attached hydrogens (tertiary/aromatic N) is 2. The molecule has 0 aliphatic heterocycles. The van der Waals surface area contributed by atoms with Crippen molar-refractivity contribution in [3.05, 3.63) is 40.8 Å². The van der Waals surface area contributed by atoms with Crippen molar-refractivity contribution in [2.75, 3.05) is 5.75 Å². The zero-order chi connectivity index (χ0) is 9.97. The van der Waals surface area contributed by atoms with E-state index in [0.29, 0.717) is 12.3 Å². The van der Waals surface area contributed by atoms with Gasteiger partial charge >= 0.3 is 0 Å². The predicted octanol–water partition coefficient (Wildman–Crippen LogP) is 1.33. The second-order valence-corrected chi connectivity index (χ2v) is 3.41. The van der Waals surface area contributed by atoms with E-state index in [1.165, 1.54) is 6.20 Å². The van der Waals surface area contributed by atoms with E-state index in [2.05, 4.69) is 17.6 Å². The molecule has 0 fully saturated rings. The Hall–Kier alpha value is -1.29. The van der Waals surface area contributed by atoms with Gasteiger partial charge in [-0.2, -0.15) is 12.6 Å². The van der Waals surface area contributed by atoms with Crippen LogP contribution >= 0.6 is 12.6 Å². The van der Waals surface area contributed by atoms with Crippen LogP contribution in [0.1, 0.15) is 0 Å². The minimum absolute atomic E-state index is 0.0715. The van der Waals surface area contributed by atoms with Crippen molar-refractivity contribution in [1.29, 1.82) is 0 Å². The molecule has 0 atom stereocenters. The number of thiol groups is 1. The normalized spacial score (nSPS) is 10.6. The Bertz CT molecular complexity index is 507. The van der Waals surface area contributed by atoms with E-state index >= 15 is 0 Å². The van der Waals surface area contributed by atoms with Gasteiger partial charge in [0.25, 0.3) is 5.56 Å². The number of para-hydroxylation sites is 2. The van der Waals surface area contributed by atoms with E-state index in [0.717, 1.165) is 11.0 Å². The second kappa shape index (κ2) is 3.84. The Labute approximate surface area is 86.8 Å². The molecule has 1 aromatic heterocycles. The first-order valence-electron chi connectivity index (χ1n) is 4.38. The van der Waals surface area contributed by atoms with Gasteiger partial charge in [0.05, 0.1) is 17.2 Å². The summed E-state index contributed by atoms with van der Waals surface area (Å²) in [6.07, 6.45) is 1.35. The van der Waals surface area contributed by atoms with E-state index in [1.54, 1.807) is 4.57 Å². The van der Waals surface area contributed by atoms with E-state index in [4.69, 9.17) is 0 Å². The zero-order valence-corrected chi connectivity index (χ0v) is 8.45. The number of benzene rings is 1. The third-order valence-electron chi connectivity index (χ3n) is 2.08. The van der Waals surface area contributed by atoms with Crippen LogP contribution in [0.25, 0.3) is 11.0 Å². The number of hydrogen-bond donors (Lipinski definition) is 1. The summed E-state index contributed by atoms with van der Waals surface area (Å²) < 4.78 is 1.69. The van der Waals surface area contributed by atoms with Crippen molar-refractivity contribution in [3.8, 4) is 0 Å². The molecular weight excluding hydrogens is 196 g/mol. The fourth-order valence-electron chi connectivity index (χ4n) is 1.45. The molecule has 0 amide bonds. The van der Waals surface area contributed by atoms with Gasteiger partial charge in [-0.05, 0) is 12.1 Å². The zero-order valence-electron chi connectivity index (χ0n) is 7.55. The Balaban J connectivity index is 2.76. The van der Waals surface area contributed by atoms with Crippen LogP contribution in [0.2, 0.25) is 0 Å². The first kappa shape index (κ1) is 9.27. The lowest BCUT2D eigenvalue weighted by molar-refractivity contribution is 0.763. The molecule has 0 aliphatic carbocycles. The molecule has 3 nitrogen and oxygen atoms in total. The largest absolute Gasteiger partial charge is 0.305 e. The fraction of sp³-hybridized carbons (Fsp3) is 0.200. The maximum Gasteiger partial charge on any atom is 0.269 e. The summed E-state index contributed by atoms with van der Waals surface area (Å²) in [6.45, 7) is 0.616. The molecule has 0 saturated carbocycles. The van der Waals surface area contributed by atoms with E-state index in [9.17, 15) is 4.79 Å². The summed E-state index contributed by atoms with van der Waals surface area (Å²) in [4.78, 5) is 15.6. The van der Waals surface area contributed by atoms with Crippen LogP contribution in [0.3, 0.4) is 0 Å². The molecule has 0 saturated heterocycles. The van der Waals surface area contributed by atoms with Gasteiger partial charge in [-0.15, -0.1) is 0 Å². The minimum Gasteiger partial charge on any atom is -0.305 e. The van der Waals surface area contributed by atoms with Crippen LogP contribution in [0.5, 0.6) is 0 Å². The van der Waals surface area contributed by atoms with Gasteiger partial charge in [0.2, 0.25) is 0 Å². The van der Waals surface area contributed by atoms with Gasteiger partial charge < -0.3 is 4.57 Å². The molecule has 14 heavy (non-hydrogen) atoms. The van der Waals surface area contributed by atoms with Gasteiger partial charge in [-0.25, -0.2) is 4.98 Å². The molecule has 0 spiro atoms. The molecule has 0 aliphatic rings. The molecule has 0 unspecified atom stereocenters. The molecule has 1 aromatic carbocycles. The van der Waals surface area contributed by atoms with Crippen molar-refractivity contribution >= 4 is 23.7 Å². The van der Waals surface area contributed by atoms with E-state index in [-0.39, 0.29) is 5.56 Å². The lowest BCUT2D eigenvalue weighted by atomic mass is 10.3. The van der Waals surface area contributed by atoms with Crippen LogP contribution in [0.4, 0.5) is 0 Å². The monoisotopic (exact) mass is 206 g/mol. The highest BCUT2D eigenvalue weighted by atomic mass is 32.1. The summed E-state index contributed by atoms with van der Waals surface area (Å²) in [6, 6.07) is 7.60. The Morgan fingerprint density at radius 1 is 1.36 bits per heavy atom. The van der Waals surface area contributed by atoms with Crippen molar-refractivity contribution in [2.24, 2.45) is 0 Å². The number of hydrogen-bond acceptors (Lipinski definition) is 3. The topological polar surface area (TPSA) is 34.9 Å². The molecule has 0 radical (unpaired) electrons. The summed E-state index contributed by atoms with van der Waals surface area (Å²) in [5, 5.41) is 0. The summed E-state index contributed by atoms with van der Waals surface area (Å²) in [7, 11) is 0. The third-order valence-corrected chi connectivity index (χ3v) is 2.28. The highest BCUT2D eigenvalue weighted by Crippen LogP contribution is 2.07. The van der Waals surface area contributed by atoms with E-state index in [1.807, 2.05) is 24.3 Å². The second-order valence-electron chi connectivity index (χ2n) is 2.96. The van der Waals surface area contributed by atoms with Gasteiger partial charge in [0, 0.05) is 12.3 Å². The fourth-order valence-corrected chi connectivity index (χ4v) is 1.65. The Morgan fingerprint density at radius 2 is 2.14 bits per heavy atom. The average Bonchev–Trinajstić information content (AvgIpc) is 2.23. The quantitative estimate of drug-likeness (QED) is 0.752. The highest BCUT2D eigenvalue weighted by molar-refractivity contribution is 7.80. The highest BCUT2D eigenvalue weighted by Gasteiger charge is 2.01. The lowest BCUT2D eigenvalue weighted by Gasteiger charge is -2.06. The third kappa shape index (κ3) is 1.53. The molecule has 2 rings (SSSR count). The van der Waals surface area contributed by atoms with Crippen LogP contribution in [-0.4, -0.2) is 15.3 Å². The molecule has 0 bridgehead atoms. The van der Waals surface area contributed by atoms with Gasteiger partial charge in [-0.3, -0.25) is 4.79 Å². The molecule has 2 aromatic rings. The molecule has 1 heterocycles. The van der Waals surface area contributed by atoms with E-state index < -0.39 is 0 Å². The smallest absolute Gasteiger partial charge is 0.269 e. The first-order valence-corrected chi connectivity index (χ1v) is 5.01. The van der Waals surface area contributed by atoms with Crippen molar-refractivity contribution in [2.45, 2.75) is 6.54 Å². The molecule has 72 valence electrons. The Morgan fingerprint density at radius 3 is 2.93 bits per heavy atom. The molecule has 4 heteroatoms. The van der Waals surface area contributed by atoms with Gasteiger partial charge in [-0.1, -0.05) is 12.1 Å². The van der Waals surface area contributed by atoms with Crippen molar-refractivity contribution in [1.82, 2.24) is 9.55 Å². The summed E-state index contributed by atoms with van der Waals surface area (Å²) in [5.74, 6) is 0.647. The average molecular weight is 206 g/mol. The van der Waals surface area contributed by atoms with Crippen molar-refractivity contribution in [3.63, 3.8) is 0 Å². The van der Waals surface area contributed by atoms with Crippen LogP contribution in [-0.2, 0) is 6.54 Å². The number of fused-ring (bicyclic) bond motifs is 1. The number of aromatic nitrogens is 2. The van der Waals surface area contributed by atoms with Crippen LogP contribution in [0, 0.1) is 0 Å². The SMILES string of the molecule is O=c1cnc2ccccc2n1CCS. The molecule has 0 N–H and O–H groups in total. The lowest BCUT2D eigenvalue weighted by Crippen LogP contribution is -2.21. The standard InChI is InChI=1S/C10H10N2OS/c13-10-7-11-8-3-1-2-4-9(8)12(10)5-6-14/h1-4,7,14H,5-6H2.